The summed E-state index contributed by atoms with van der Waals surface area (Å²) in [5.74, 6) is -0.512. The van der Waals surface area contributed by atoms with E-state index in [9.17, 15) is 9.59 Å². The van der Waals surface area contributed by atoms with Crippen molar-refractivity contribution in [3.05, 3.63) is 71.0 Å². The van der Waals surface area contributed by atoms with Crippen LogP contribution < -0.4 is 10.6 Å². The zero-order valence-corrected chi connectivity index (χ0v) is 14.3. The lowest BCUT2D eigenvalue weighted by Crippen LogP contribution is -2.35. The summed E-state index contributed by atoms with van der Waals surface area (Å²) in [4.78, 5) is 24.4. The molecule has 0 radical (unpaired) electrons. The van der Waals surface area contributed by atoms with Gasteiger partial charge in [0.2, 0.25) is 0 Å². The molecule has 0 atom stereocenters. The number of aromatic nitrogens is 4. The van der Waals surface area contributed by atoms with Crippen LogP contribution >= 0.6 is 11.6 Å². The fraction of sp³-hybridized carbons (Fsp3) is 0.118. The summed E-state index contributed by atoms with van der Waals surface area (Å²) < 4.78 is 1.41. The number of nitrogens with zero attached hydrogens (tertiary/aromatic N) is 4. The van der Waals surface area contributed by atoms with Crippen LogP contribution in [0.1, 0.15) is 20.7 Å². The molecule has 0 aliphatic carbocycles. The second-order valence-corrected chi connectivity index (χ2v) is 5.73. The molecule has 0 saturated heterocycles. The number of hydrogen-bond acceptors (Lipinski definition) is 5. The van der Waals surface area contributed by atoms with Crippen molar-refractivity contribution in [2.75, 3.05) is 13.1 Å². The van der Waals surface area contributed by atoms with Crippen LogP contribution in [0.5, 0.6) is 0 Å². The van der Waals surface area contributed by atoms with E-state index in [1.807, 2.05) is 0 Å². The van der Waals surface area contributed by atoms with Crippen LogP contribution in [-0.4, -0.2) is 45.1 Å². The average molecular weight is 371 g/mol. The summed E-state index contributed by atoms with van der Waals surface area (Å²) in [5, 5.41) is 17.0. The maximum atomic E-state index is 12.4. The van der Waals surface area contributed by atoms with E-state index in [0.717, 1.165) is 0 Å². The minimum Gasteiger partial charge on any atom is -0.350 e. The number of rotatable bonds is 6. The Kier molecular flexibility index (Phi) is 5.55. The summed E-state index contributed by atoms with van der Waals surface area (Å²) >= 11 is 5.79. The molecule has 9 heteroatoms. The van der Waals surface area contributed by atoms with Crippen LogP contribution in [0.2, 0.25) is 5.02 Å². The minimum atomic E-state index is -0.281. The lowest BCUT2D eigenvalue weighted by atomic mass is 10.1. The van der Waals surface area contributed by atoms with Gasteiger partial charge < -0.3 is 10.6 Å². The highest BCUT2D eigenvalue weighted by Gasteiger charge is 2.13. The first kappa shape index (κ1) is 17.6. The van der Waals surface area contributed by atoms with Gasteiger partial charge in [-0.1, -0.05) is 23.7 Å². The Morgan fingerprint density at radius 1 is 0.962 bits per heavy atom. The molecular formula is C17H15ClN6O2. The molecule has 3 aromatic rings. The van der Waals surface area contributed by atoms with Crippen LogP contribution in [0, 0.1) is 0 Å². The zero-order valence-electron chi connectivity index (χ0n) is 13.6. The molecule has 26 heavy (non-hydrogen) atoms. The van der Waals surface area contributed by atoms with Gasteiger partial charge in [0.25, 0.3) is 11.8 Å². The lowest BCUT2D eigenvalue weighted by molar-refractivity contribution is 0.0927. The van der Waals surface area contributed by atoms with Gasteiger partial charge in [-0.3, -0.25) is 9.59 Å². The second kappa shape index (κ2) is 8.21. The molecule has 132 valence electrons. The van der Waals surface area contributed by atoms with Gasteiger partial charge in [-0.15, -0.1) is 5.10 Å². The van der Waals surface area contributed by atoms with Gasteiger partial charge in [0.1, 0.15) is 6.33 Å². The number of nitrogens with one attached hydrogen (secondary N) is 2. The number of carbonyl (C=O) groups is 2. The summed E-state index contributed by atoms with van der Waals surface area (Å²) in [5.41, 5.74) is 1.51. The highest BCUT2D eigenvalue weighted by molar-refractivity contribution is 6.30. The van der Waals surface area contributed by atoms with Crippen molar-refractivity contribution in [2.24, 2.45) is 0 Å². The van der Waals surface area contributed by atoms with Gasteiger partial charge in [-0.05, 0) is 46.8 Å². The monoisotopic (exact) mass is 370 g/mol. The van der Waals surface area contributed by atoms with Crippen LogP contribution in [0.25, 0.3) is 5.69 Å². The third kappa shape index (κ3) is 4.22. The van der Waals surface area contributed by atoms with Crippen LogP contribution in [0.4, 0.5) is 0 Å². The minimum absolute atomic E-state index is 0.231. The predicted octanol–water partition coefficient (Wildman–Crippen LogP) is 1.48. The summed E-state index contributed by atoms with van der Waals surface area (Å²) in [7, 11) is 0. The topological polar surface area (TPSA) is 102 Å². The second-order valence-electron chi connectivity index (χ2n) is 5.29. The Morgan fingerprint density at radius 2 is 1.65 bits per heavy atom. The molecule has 8 nitrogen and oxygen atoms in total. The first-order valence-corrected chi connectivity index (χ1v) is 8.17. The molecule has 0 bridgehead atoms. The summed E-state index contributed by atoms with van der Waals surface area (Å²) in [6.07, 6.45) is 1.42. The third-order valence-corrected chi connectivity index (χ3v) is 3.80. The Labute approximate surface area is 154 Å². The molecule has 0 saturated carbocycles. The first-order valence-electron chi connectivity index (χ1n) is 7.79. The highest BCUT2D eigenvalue weighted by atomic mass is 35.5. The number of carbonyl (C=O) groups excluding carboxylic acids is 2. The average Bonchev–Trinajstić information content (AvgIpc) is 3.20. The molecule has 1 aromatic heterocycles. The van der Waals surface area contributed by atoms with Crippen molar-refractivity contribution in [1.29, 1.82) is 0 Å². The van der Waals surface area contributed by atoms with Gasteiger partial charge in [-0.25, -0.2) is 0 Å². The van der Waals surface area contributed by atoms with Crippen molar-refractivity contribution >= 4 is 23.4 Å². The quantitative estimate of drug-likeness (QED) is 0.640. The van der Waals surface area contributed by atoms with Crippen LogP contribution in [0.15, 0.2) is 54.9 Å². The van der Waals surface area contributed by atoms with E-state index in [1.54, 1.807) is 48.5 Å². The van der Waals surface area contributed by atoms with E-state index in [-0.39, 0.29) is 18.4 Å². The smallest absolute Gasteiger partial charge is 0.253 e. The van der Waals surface area contributed by atoms with Gasteiger partial charge in [0.05, 0.1) is 11.3 Å². The largest absolute Gasteiger partial charge is 0.350 e. The standard InChI is InChI=1S/C17H15ClN6O2/c18-13-7-5-12(6-8-13)16(25)19-9-10-20-17(26)14-3-1-2-4-15(14)24-11-21-22-23-24/h1-8,11H,9-10H2,(H,19,25)(H,20,26). The molecular weight excluding hydrogens is 356 g/mol. The van der Waals surface area contributed by atoms with Crippen LogP contribution in [0.3, 0.4) is 0 Å². The number of halogens is 1. The molecule has 1 heterocycles. The van der Waals surface area contributed by atoms with Crippen molar-refractivity contribution < 1.29 is 9.59 Å². The maximum absolute atomic E-state index is 12.4. The van der Waals surface area contributed by atoms with E-state index in [2.05, 4.69) is 26.2 Å². The molecule has 3 rings (SSSR count). The van der Waals surface area contributed by atoms with Crippen LogP contribution in [-0.2, 0) is 0 Å². The Hall–Kier alpha value is -3.26. The molecule has 0 fully saturated rings. The number of amides is 2. The predicted molar refractivity (Wildman–Crippen MR) is 95.3 cm³/mol. The first-order chi connectivity index (χ1) is 12.6. The van der Waals surface area contributed by atoms with E-state index in [1.165, 1.54) is 11.0 Å². The van der Waals surface area contributed by atoms with E-state index >= 15 is 0 Å². The van der Waals surface area contributed by atoms with E-state index < -0.39 is 0 Å². The van der Waals surface area contributed by atoms with Gasteiger partial charge >= 0.3 is 0 Å². The third-order valence-electron chi connectivity index (χ3n) is 3.55. The van der Waals surface area contributed by atoms with Gasteiger partial charge in [-0.2, -0.15) is 4.68 Å². The lowest BCUT2D eigenvalue weighted by Gasteiger charge is -2.10. The number of tetrazole rings is 1. The Morgan fingerprint density at radius 3 is 2.35 bits per heavy atom. The molecule has 2 amide bonds. The fourth-order valence-corrected chi connectivity index (χ4v) is 2.41. The fourth-order valence-electron chi connectivity index (χ4n) is 2.29. The van der Waals surface area contributed by atoms with Crippen molar-refractivity contribution in [1.82, 2.24) is 30.8 Å². The maximum Gasteiger partial charge on any atom is 0.253 e. The van der Waals surface area contributed by atoms with Gasteiger partial charge in [0.15, 0.2) is 0 Å². The van der Waals surface area contributed by atoms with Crippen molar-refractivity contribution in [3.63, 3.8) is 0 Å². The number of para-hydroxylation sites is 1. The molecule has 2 N–H and O–H groups in total. The Balaban J connectivity index is 1.54. The number of benzene rings is 2. The van der Waals surface area contributed by atoms with E-state index in [4.69, 9.17) is 11.6 Å². The molecule has 2 aromatic carbocycles. The summed E-state index contributed by atoms with van der Waals surface area (Å²) in [6.45, 7) is 0.572. The number of hydrogen-bond donors (Lipinski definition) is 2. The normalized spacial score (nSPS) is 10.3. The Bertz CT molecular complexity index is 896. The van der Waals surface area contributed by atoms with E-state index in [0.29, 0.717) is 28.4 Å². The van der Waals surface area contributed by atoms with Gasteiger partial charge in [0, 0.05) is 23.7 Å². The molecule has 0 aliphatic rings. The zero-order chi connectivity index (χ0) is 18.4. The molecule has 0 aliphatic heterocycles. The highest BCUT2D eigenvalue weighted by Crippen LogP contribution is 2.12. The van der Waals surface area contributed by atoms with Crippen molar-refractivity contribution in [3.8, 4) is 5.69 Å². The SMILES string of the molecule is O=C(NCCNC(=O)c1ccccc1-n1cnnn1)c1ccc(Cl)cc1. The summed E-state index contributed by atoms with van der Waals surface area (Å²) in [6, 6.07) is 13.5. The van der Waals surface area contributed by atoms with Crippen molar-refractivity contribution in [2.45, 2.75) is 0 Å². The molecule has 0 unspecified atom stereocenters. The molecule has 0 spiro atoms.